The highest BCUT2D eigenvalue weighted by Crippen LogP contribution is 2.32. The molecule has 29 heavy (non-hydrogen) atoms. The quantitative estimate of drug-likeness (QED) is 0.172. The van der Waals surface area contributed by atoms with E-state index in [2.05, 4.69) is 19.6 Å². The maximum absolute atomic E-state index is 11.7. The molecule has 0 saturated carbocycles. The Labute approximate surface area is 169 Å². The number of ether oxygens (including phenoxy) is 2. The molecule has 0 spiro atoms. The predicted molar refractivity (Wildman–Crippen MR) is 108 cm³/mol. The van der Waals surface area contributed by atoms with Gasteiger partial charge in [-0.3, -0.25) is 14.4 Å². The Morgan fingerprint density at radius 3 is 2.38 bits per heavy atom. The molecular weight excluding hydrogens is 398 g/mol. The molecule has 1 amide bonds. The second-order valence-corrected chi connectivity index (χ2v) is 13.2. The summed E-state index contributed by atoms with van der Waals surface area (Å²) >= 11 is 0. The molecule has 0 radical (unpaired) electrons. The van der Waals surface area contributed by atoms with Crippen LogP contribution in [0.15, 0.2) is 23.8 Å². The van der Waals surface area contributed by atoms with Crippen molar-refractivity contribution in [2.24, 2.45) is 11.7 Å². The Balaban J connectivity index is 3.01. The number of hydrogen-bond donors (Lipinski definition) is 4. The topological polar surface area (TPSA) is 156 Å². The molecule has 1 atom stereocenters. The van der Waals surface area contributed by atoms with E-state index >= 15 is 0 Å². The fraction of sp³-hybridized carbons (Fsp3) is 0.421. The van der Waals surface area contributed by atoms with E-state index in [4.69, 9.17) is 20.3 Å². The minimum atomic E-state index is -1.65. The largest absolute Gasteiger partial charge is 0.504 e. The highest BCUT2D eigenvalue weighted by Gasteiger charge is 2.29. The molecule has 0 bridgehead atoms. The number of primary amides is 1. The number of carbonyl (C=O) groups is 3. The molecule has 0 aliphatic rings. The van der Waals surface area contributed by atoms with Crippen molar-refractivity contribution in [1.29, 1.82) is 0 Å². The smallest absolute Gasteiger partial charge is 0.311 e. The summed E-state index contributed by atoms with van der Waals surface area (Å²) in [6.07, 6.45) is 0.226. The third-order valence-corrected chi connectivity index (χ3v) is 5.68. The summed E-state index contributed by atoms with van der Waals surface area (Å²) in [7, 11) is -1.24. The van der Waals surface area contributed by atoms with Gasteiger partial charge in [0, 0.05) is 25.8 Å². The lowest BCUT2D eigenvalue weighted by Gasteiger charge is -2.16. The van der Waals surface area contributed by atoms with Crippen molar-refractivity contribution >= 4 is 32.0 Å². The molecule has 0 heterocycles. The molecule has 9 nitrogen and oxygen atoms in total. The van der Waals surface area contributed by atoms with E-state index in [0.717, 1.165) is 12.1 Å². The lowest BCUT2D eigenvalue weighted by Crippen LogP contribution is -2.28. The number of carboxylic acid groups (broad SMARTS) is 2. The zero-order valence-corrected chi connectivity index (χ0v) is 17.7. The van der Waals surface area contributed by atoms with Gasteiger partial charge in [-0.15, -0.1) is 0 Å². The SMILES string of the molecule is C[Si](C)(C)CCOCOc1cccc(C=C(C(N)=O)C(CC(=O)O)C(=O)O)c1O. The minimum absolute atomic E-state index is 0.0648. The van der Waals surface area contributed by atoms with Crippen LogP contribution >= 0.6 is 0 Å². The molecule has 0 aliphatic carbocycles. The Morgan fingerprint density at radius 2 is 1.86 bits per heavy atom. The summed E-state index contributed by atoms with van der Waals surface area (Å²) in [5.41, 5.74) is 4.86. The Kier molecular flexibility index (Phi) is 8.86. The van der Waals surface area contributed by atoms with E-state index in [1.165, 1.54) is 18.2 Å². The van der Waals surface area contributed by atoms with Crippen molar-refractivity contribution in [3.63, 3.8) is 0 Å². The first-order valence-electron chi connectivity index (χ1n) is 8.91. The zero-order chi connectivity index (χ0) is 22.2. The molecule has 1 unspecified atom stereocenters. The van der Waals surface area contributed by atoms with Crippen LogP contribution in [-0.4, -0.2) is 54.6 Å². The first-order chi connectivity index (χ1) is 13.4. The van der Waals surface area contributed by atoms with Gasteiger partial charge in [0.1, 0.15) is 0 Å². The van der Waals surface area contributed by atoms with Crippen LogP contribution in [-0.2, 0) is 19.1 Å². The number of para-hydroxylation sites is 1. The summed E-state index contributed by atoms with van der Waals surface area (Å²) < 4.78 is 10.8. The van der Waals surface area contributed by atoms with Gasteiger partial charge in [0.2, 0.25) is 5.91 Å². The summed E-state index contributed by atoms with van der Waals surface area (Å²) in [6, 6.07) is 5.36. The normalized spacial score (nSPS) is 13.0. The van der Waals surface area contributed by atoms with E-state index < -0.39 is 43.8 Å². The molecule has 0 aromatic heterocycles. The Bertz CT molecular complexity index is 785. The Hall–Kier alpha value is -2.85. The fourth-order valence-electron chi connectivity index (χ4n) is 2.33. The number of phenols is 1. The van der Waals surface area contributed by atoms with Gasteiger partial charge >= 0.3 is 11.9 Å². The lowest BCUT2D eigenvalue weighted by molar-refractivity contribution is -0.147. The van der Waals surface area contributed by atoms with Gasteiger partial charge in [0.05, 0.1) is 12.3 Å². The zero-order valence-electron chi connectivity index (χ0n) is 16.7. The summed E-state index contributed by atoms with van der Waals surface area (Å²) in [4.78, 5) is 34.0. The van der Waals surface area contributed by atoms with Crippen LogP contribution in [0, 0.1) is 5.92 Å². The predicted octanol–water partition coefficient (Wildman–Crippen LogP) is 2.13. The van der Waals surface area contributed by atoms with Gasteiger partial charge in [-0.05, 0) is 18.2 Å². The molecule has 5 N–H and O–H groups in total. The minimum Gasteiger partial charge on any atom is -0.504 e. The molecule has 1 rings (SSSR count). The van der Waals surface area contributed by atoms with E-state index in [1.807, 2.05) is 0 Å². The van der Waals surface area contributed by atoms with Gasteiger partial charge in [0.15, 0.2) is 18.3 Å². The maximum Gasteiger partial charge on any atom is 0.311 e. The van der Waals surface area contributed by atoms with E-state index in [1.54, 1.807) is 0 Å². The van der Waals surface area contributed by atoms with Gasteiger partial charge in [-0.25, -0.2) is 0 Å². The summed E-state index contributed by atoms with van der Waals surface area (Å²) in [5.74, 6) is -5.94. The van der Waals surface area contributed by atoms with Crippen LogP contribution in [0.3, 0.4) is 0 Å². The summed E-state index contributed by atoms with van der Waals surface area (Å²) in [5, 5.41) is 28.5. The number of benzene rings is 1. The lowest BCUT2D eigenvalue weighted by atomic mass is 9.93. The average molecular weight is 426 g/mol. The first-order valence-corrected chi connectivity index (χ1v) is 12.6. The van der Waals surface area contributed by atoms with E-state index in [0.29, 0.717) is 6.61 Å². The molecule has 0 fully saturated rings. The maximum atomic E-state index is 11.7. The van der Waals surface area contributed by atoms with Crippen molar-refractivity contribution in [2.75, 3.05) is 13.4 Å². The first kappa shape index (κ1) is 24.2. The number of aromatic hydroxyl groups is 1. The standard InChI is InChI=1S/C19H27NO8Si/c1-29(2,3)8-7-27-11-28-15-6-4-5-12(17(15)23)9-13(18(20)24)14(19(25)26)10-16(21)22/h4-6,9,14,23H,7-8,10-11H2,1-3H3,(H2,20,24)(H,21,22)(H,25,26). The number of carbonyl (C=O) groups excluding carboxylic acids is 1. The van der Waals surface area contributed by atoms with Crippen molar-refractivity contribution in [2.45, 2.75) is 32.1 Å². The number of nitrogens with two attached hydrogens (primary N) is 1. The third-order valence-electron chi connectivity index (χ3n) is 3.97. The van der Waals surface area contributed by atoms with Crippen molar-refractivity contribution in [3.8, 4) is 11.5 Å². The number of amides is 1. The highest BCUT2D eigenvalue weighted by molar-refractivity contribution is 6.76. The van der Waals surface area contributed by atoms with Crippen LogP contribution in [0.1, 0.15) is 12.0 Å². The molecule has 1 aromatic carbocycles. The number of rotatable bonds is 12. The molecule has 0 aliphatic heterocycles. The van der Waals surface area contributed by atoms with E-state index in [9.17, 15) is 24.6 Å². The molecule has 160 valence electrons. The van der Waals surface area contributed by atoms with E-state index in [-0.39, 0.29) is 23.9 Å². The fourth-order valence-corrected chi connectivity index (χ4v) is 3.09. The van der Waals surface area contributed by atoms with Gasteiger partial charge in [0.25, 0.3) is 0 Å². The Morgan fingerprint density at radius 1 is 1.21 bits per heavy atom. The van der Waals surface area contributed by atoms with Gasteiger partial charge in [-0.2, -0.15) is 0 Å². The van der Waals surface area contributed by atoms with Crippen LogP contribution in [0.4, 0.5) is 0 Å². The molecule has 0 saturated heterocycles. The van der Waals surface area contributed by atoms with Crippen molar-refractivity contribution in [1.82, 2.24) is 0 Å². The third kappa shape index (κ3) is 8.36. The van der Waals surface area contributed by atoms with Crippen LogP contribution in [0.5, 0.6) is 11.5 Å². The number of hydrogen-bond acceptors (Lipinski definition) is 6. The van der Waals surface area contributed by atoms with Crippen LogP contribution in [0.2, 0.25) is 25.7 Å². The molecule has 10 heteroatoms. The second-order valence-electron chi connectivity index (χ2n) is 7.63. The highest BCUT2D eigenvalue weighted by atomic mass is 28.3. The summed E-state index contributed by atoms with van der Waals surface area (Å²) in [6.45, 7) is 7.07. The number of carboxylic acids is 2. The number of phenolic OH excluding ortho intramolecular Hbond substituents is 1. The van der Waals surface area contributed by atoms with Crippen LogP contribution in [0.25, 0.3) is 6.08 Å². The monoisotopic (exact) mass is 425 g/mol. The van der Waals surface area contributed by atoms with Crippen LogP contribution < -0.4 is 10.5 Å². The molecular formula is C19H27NO8Si. The van der Waals surface area contributed by atoms with Crippen molar-refractivity contribution < 1.29 is 39.2 Å². The van der Waals surface area contributed by atoms with Gasteiger partial charge < -0.3 is 30.5 Å². The average Bonchev–Trinajstić information content (AvgIpc) is 2.58. The second kappa shape index (κ2) is 10.6. The van der Waals surface area contributed by atoms with Crippen molar-refractivity contribution in [3.05, 3.63) is 29.3 Å². The molecule has 1 aromatic rings. The van der Waals surface area contributed by atoms with Gasteiger partial charge in [-0.1, -0.05) is 31.8 Å². The number of aliphatic carboxylic acids is 2.